The van der Waals surface area contributed by atoms with Gasteiger partial charge in [-0.2, -0.15) is 0 Å². The van der Waals surface area contributed by atoms with Crippen molar-refractivity contribution in [3.05, 3.63) is 24.5 Å². The van der Waals surface area contributed by atoms with Crippen LogP contribution in [0.2, 0.25) is 0 Å². The number of ether oxygens (including phenoxy) is 1. The molecule has 0 spiro atoms. The molecule has 0 atom stereocenters. The largest absolute Gasteiger partial charge is 0.491 e. The molecule has 5 heteroatoms. The van der Waals surface area contributed by atoms with E-state index in [4.69, 9.17) is 4.74 Å². The summed E-state index contributed by atoms with van der Waals surface area (Å²) in [5.74, 6) is 1.73. The third kappa shape index (κ3) is 4.31. The number of hydrogen-bond donors (Lipinski definition) is 1. The Hall–Kier alpha value is -1.88. The Morgan fingerprint density at radius 3 is 2.64 bits per heavy atom. The predicted octanol–water partition coefficient (Wildman–Crippen LogP) is 3.17. The van der Waals surface area contributed by atoms with Gasteiger partial charge in [0.15, 0.2) is 0 Å². The minimum atomic E-state index is 0.158. The summed E-state index contributed by atoms with van der Waals surface area (Å²) in [7, 11) is 0. The highest BCUT2D eigenvalue weighted by Crippen LogP contribution is 2.24. The van der Waals surface area contributed by atoms with E-state index in [0.29, 0.717) is 0 Å². The fraction of sp³-hybridized carbons (Fsp3) is 0.529. The van der Waals surface area contributed by atoms with Gasteiger partial charge >= 0.3 is 0 Å². The molecule has 0 radical (unpaired) electrons. The van der Waals surface area contributed by atoms with Crippen molar-refractivity contribution in [2.24, 2.45) is 0 Å². The second kappa shape index (κ2) is 7.94. The van der Waals surface area contributed by atoms with Gasteiger partial charge in [-0.3, -0.25) is 0 Å². The van der Waals surface area contributed by atoms with Crippen LogP contribution in [0.15, 0.2) is 24.5 Å². The minimum Gasteiger partial charge on any atom is -0.491 e. The second-order valence-corrected chi connectivity index (χ2v) is 5.52. The van der Waals surface area contributed by atoms with Crippen LogP contribution in [-0.4, -0.2) is 47.2 Å². The maximum absolute atomic E-state index is 5.72. The number of rotatable bonds is 8. The number of anilines is 1. The molecule has 0 amide bonds. The van der Waals surface area contributed by atoms with Crippen molar-refractivity contribution in [3.63, 3.8) is 0 Å². The number of nitrogens with one attached hydrogen (secondary N) is 1. The molecule has 0 aliphatic heterocycles. The molecule has 0 bridgehead atoms. The van der Waals surface area contributed by atoms with E-state index in [9.17, 15) is 0 Å². The average Bonchev–Trinajstić information content (AvgIpc) is 2.51. The van der Waals surface area contributed by atoms with Gasteiger partial charge in [0, 0.05) is 24.5 Å². The summed E-state index contributed by atoms with van der Waals surface area (Å²) < 4.78 is 5.72. The average molecular weight is 302 g/mol. The van der Waals surface area contributed by atoms with Crippen molar-refractivity contribution in [1.29, 1.82) is 0 Å². The zero-order valence-corrected chi connectivity index (χ0v) is 14.0. The molecule has 0 unspecified atom stereocenters. The molecule has 0 saturated carbocycles. The van der Waals surface area contributed by atoms with E-state index in [-0.39, 0.29) is 6.10 Å². The summed E-state index contributed by atoms with van der Waals surface area (Å²) in [6, 6.07) is 5.96. The Labute approximate surface area is 132 Å². The molecule has 1 heterocycles. The summed E-state index contributed by atoms with van der Waals surface area (Å²) >= 11 is 0. The van der Waals surface area contributed by atoms with E-state index in [1.165, 1.54) is 0 Å². The quantitative estimate of drug-likeness (QED) is 0.811. The Morgan fingerprint density at radius 2 is 1.95 bits per heavy atom. The first-order valence-corrected chi connectivity index (χ1v) is 8.01. The SMILES string of the molecule is CCN(CC)CCNc1ncnc2cc(OC(C)C)ccc12. The standard InChI is InChI=1S/C17H26N4O/c1-5-21(6-2)10-9-18-17-15-8-7-14(22-13(3)4)11-16(15)19-12-20-17/h7-8,11-13H,5-6,9-10H2,1-4H3,(H,18,19,20). The van der Waals surface area contributed by atoms with Gasteiger partial charge in [0.1, 0.15) is 17.9 Å². The molecular weight excluding hydrogens is 276 g/mol. The van der Waals surface area contributed by atoms with E-state index in [2.05, 4.69) is 34.0 Å². The summed E-state index contributed by atoms with van der Waals surface area (Å²) in [6.07, 6.45) is 1.76. The Morgan fingerprint density at radius 1 is 1.18 bits per heavy atom. The lowest BCUT2D eigenvalue weighted by Gasteiger charge is -2.18. The summed E-state index contributed by atoms with van der Waals surface area (Å²) in [4.78, 5) is 11.1. The van der Waals surface area contributed by atoms with Gasteiger partial charge in [-0.25, -0.2) is 9.97 Å². The van der Waals surface area contributed by atoms with Crippen LogP contribution in [0.1, 0.15) is 27.7 Å². The maximum Gasteiger partial charge on any atom is 0.137 e. The zero-order valence-electron chi connectivity index (χ0n) is 14.0. The Bertz CT molecular complexity index is 596. The van der Waals surface area contributed by atoms with Crippen LogP contribution in [0.4, 0.5) is 5.82 Å². The Balaban J connectivity index is 2.10. The van der Waals surface area contributed by atoms with Crippen LogP contribution in [0.3, 0.4) is 0 Å². The number of aromatic nitrogens is 2. The molecule has 5 nitrogen and oxygen atoms in total. The first-order chi connectivity index (χ1) is 10.6. The van der Waals surface area contributed by atoms with Gasteiger partial charge in [-0.05, 0) is 39.1 Å². The molecule has 1 aromatic carbocycles. The number of fused-ring (bicyclic) bond motifs is 1. The predicted molar refractivity (Wildman–Crippen MR) is 91.6 cm³/mol. The van der Waals surface area contributed by atoms with Crippen molar-refractivity contribution in [3.8, 4) is 5.75 Å². The molecule has 1 N–H and O–H groups in total. The molecule has 0 aliphatic carbocycles. The van der Waals surface area contributed by atoms with Gasteiger partial charge in [0.25, 0.3) is 0 Å². The molecular formula is C17H26N4O. The van der Waals surface area contributed by atoms with E-state index >= 15 is 0 Å². The topological polar surface area (TPSA) is 50.3 Å². The molecule has 0 aliphatic rings. The number of nitrogens with zero attached hydrogens (tertiary/aromatic N) is 3. The van der Waals surface area contributed by atoms with Crippen molar-refractivity contribution in [1.82, 2.24) is 14.9 Å². The number of hydrogen-bond acceptors (Lipinski definition) is 5. The molecule has 22 heavy (non-hydrogen) atoms. The Kier molecular flexibility index (Phi) is 5.95. The second-order valence-electron chi connectivity index (χ2n) is 5.52. The highest BCUT2D eigenvalue weighted by atomic mass is 16.5. The van der Waals surface area contributed by atoms with Crippen molar-refractivity contribution in [2.45, 2.75) is 33.8 Å². The van der Waals surface area contributed by atoms with Gasteiger partial charge in [0.05, 0.1) is 11.6 Å². The minimum absolute atomic E-state index is 0.158. The van der Waals surface area contributed by atoms with Crippen molar-refractivity contribution < 1.29 is 4.74 Å². The third-order valence-corrected chi connectivity index (χ3v) is 3.59. The van der Waals surface area contributed by atoms with Crippen LogP contribution < -0.4 is 10.1 Å². The zero-order chi connectivity index (χ0) is 15.9. The van der Waals surface area contributed by atoms with Crippen LogP contribution in [-0.2, 0) is 0 Å². The van der Waals surface area contributed by atoms with E-state index in [1.807, 2.05) is 32.0 Å². The molecule has 0 fully saturated rings. The summed E-state index contributed by atoms with van der Waals surface area (Å²) in [6.45, 7) is 12.4. The monoisotopic (exact) mass is 302 g/mol. The normalized spacial score (nSPS) is 11.4. The molecule has 0 saturated heterocycles. The fourth-order valence-corrected chi connectivity index (χ4v) is 2.40. The van der Waals surface area contributed by atoms with Crippen LogP contribution in [0, 0.1) is 0 Å². The molecule has 1 aromatic heterocycles. The molecule has 2 aromatic rings. The maximum atomic E-state index is 5.72. The first-order valence-electron chi connectivity index (χ1n) is 8.01. The van der Waals surface area contributed by atoms with Gasteiger partial charge in [0.2, 0.25) is 0 Å². The van der Waals surface area contributed by atoms with Gasteiger partial charge in [-0.1, -0.05) is 13.8 Å². The number of likely N-dealkylation sites (N-methyl/N-ethyl adjacent to an activating group) is 1. The lowest BCUT2D eigenvalue weighted by atomic mass is 10.2. The van der Waals surface area contributed by atoms with Crippen molar-refractivity contribution >= 4 is 16.7 Å². The van der Waals surface area contributed by atoms with E-state index in [1.54, 1.807) is 6.33 Å². The highest BCUT2D eigenvalue weighted by molar-refractivity contribution is 5.89. The summed E-state index contributed by atoms with van der Waals surface area (Å²) in [5, 5.41) is 4.44. The summed E-state index contributed by atoms with van der Waals surface area (Å²) in [5.41, 5.74) is 0.901. The lowest BCUT2D eigenvalue weighted by Crippen LogP contribution is -2.28. The molecule has 2 rings (SSSR count). The van der Waals surface area contributed by atoms with E-state index in [0.717, 1.165) is 48.6 Å². The van der Waals surface area contributed by atoms with Crippen molar-refractivity contribution in [2.75, 3.05) is 31.5 Å². The van der Waals surface area contributed by atoms with E-state index < -0.39 is 0 Å². The third-order valence-electron chi connectivity index (χ3n) is 3.59. The van der Waals surface area contributed by atoms with Crippen LogP contribution in [0.5, 0.6) is 5.75 Å². The van der Waals surface area contributed by atoms with Gasteiger partial charge < -0.3 is 15.0 Å². The van der Waals surface area contributed by atoms with Gasteiger partial charge in [-0.15, -0.1) is 0 Å². The smallest absolute Gasteiger partial charge is 0.137 e. The lowest BCUT2D eigenvalue weighted by molar-refractivity contribution is 0.242. The molecule has 120 valence electrons. The number of benzene rings is 1. The van der Waals surface area contributed by atoms with Crippen LogP contribution >= 0.6 is 0 Å². The first kappa shape index (κ1) is 16.5. The van der Waals surface area contributed by atoms with Crippen LogP contribution in [0.25, 0.3) is 10.9 Å². The fourth-order valence-electron chi connectivity index (χ4n) is 2.40. The highest BCUT2D eigenvalue weighted by Gasteiger charge is 2.06.